The van der Waals surface area contributed by atoms with Crippen LogP contribution >= 0.6 is 0 Å². The van der Waals surface area contributed by atoms with Crippen molar-refractivity contribution in [2.24, 2.45) is 0 Å². The number of methoxy groups -OCH3 is 2. The predicted octanol–water partition coefficient (Wildman–Crippen LogP) is 5.84. The Kier molecular flexibility index (Phi) is 8.33. The zero-order valence-electron chi connectivity index (χ0n) is 22.0. The van der Waals surface area contributed by atoms with Gasteiger partial charge in [0.2, 0.25) is 5.91 Å². The first kappa shape index (κ1) is 26.1. The molecule has 1 N–H and O–H groups in total. The van der Waals surface area contributed by atoms with Gasteiger partial charge in [-0.05, 0) is 59.4 Å². The number of amides is 3. The van der Waals surface area contributed by atoms with Crippen LogP contribution in [0.4, 0.5) is 16.2 Å². The first-order valence-corrected chi connectivity index (χ1v) is 12.6. The van der Waals surface area contributed by atoms with Gasteiger partial charge in [-0.3, -0.25) is 9.69 Å². The minimum atomic E-state index is -0.152. The van der Waals surface area contributed by atoms with Crippen molar-refractivity contribution >= 4 is 23.3 Å². The van der Waals surface area contributed by atoms with Crippen molar-refractivity contribution in [1.82, 2.24) is 4.90 Å². The third-order valence-electron chi connectivity index (χ3n) is 6.58. The highest BCUT2D eigenvalue weighted by molar-refractivity contribution is 5.97. The van der Waals surface area contributed by atoms with Crippen molar-refractivity contribution < 1.29 is 19.1 Å². The van der Waals surface area contributed by atoms with Gasteiger partial charge in [0, 0.05) is 25.3 Å². The van der Waals surface area contributed by atoms with Crippen molar-refractivity contribution in [2.75, 3.05) is 37.5 Å². The van der Waals surface area contributed by atoms with E-state index in [9.17, 15) is 9.59 Å². The second-order valence-electron chi connectivity index (χ2n) is 9.57. The van der Waals surface area contributed by atoms with E-state index in [0.29, 0.717) is 48.4 Å². The third kappa shape index (κ3) is 6.42. The largest absolute Gasteiger partial charge is 0.497 e. The molecule has 1 aliphatic rings. The first-order chi connectivity index (χ1) is 17.9. The summed E-state index contributed by atoms with van der Waals surface area (Å²) in [7, 11) is 3.19. The molecule has 0 bridgehead atoms. The molecule has 0 aliphatic carbocycles. The minimum Gasteiger partial charge on any atom is -0.497 e. The molecule has 37 heavy (non-hydrogen) atoms. The molecule has 1 saturated heterocycles. The minimum absolute atomic E-state index is 0.0719. The van der Waals surface area contributed by atoms with Crippen molar-refractivity contribution in [1.29, 1.82) is 0 Å². The van der Waals surface area contributed by atoms with Gasteiger partial charge in [0.05, 0.1) is 26.3 Å². The van der Waals surface area contributed by atoms with Crippen molar-refractivity contribution in [3.05, 3.63) is 83.4 Å². The molecule has 0 atom stereocenters. The van der Waals surface area contributed by atoms with Crippen LogP contribution < -0.4 is 19.7 Å². The maximum atomic E-state index is 13.5. The SMILES string of the molecule is COc1cccc(CC(=O)Nc2ccc(OC)c(N3CCCN(Cc4ccc(C(C)C)cc4)C3=O)c2)c1. The number of hydrogen-bond acceptors (Lipinski definition) is 4. The number of anilines is 2. The summed E-state index contributed by atoms with van der Waals surface area (Å²) < 4.78 is 10.8. The van der Waals surface area contributed by atoms with Crippen LogP contribution in [0.25, 0.3) is 0 Å². The number of nitrogens with zero attached hydrogens (tertiary/aromatic N) is 2. The fourth-order valence-corrected chi connectivity index (χ4v) is 4.53. The number of nitrogens with one attached hydrogen (secondary N) is 1. The zero-order valence-corrected chi connectivity index (χ0v) is 22.0. The van der Waals surface area contributed by atoms with E-state index in [1.165, 1.54) is 5.56 Å². The van der Waals surface area contributed by atoms with Gasteiger partial charge in [-0.15, -0.1) is 0 Å². The molecule has 7 nitrogen and oxygen atoms in total. The molecule has 3 aromatic rings. The van der Waals surface area contributed by atoms with Gasteiger partial charge < -0.3 is 19.7 Å². The average Bonchev–Trinajstić information content (AvgIpc) is 2.90. The number of hydrogen-bond donors (Lipinski definition) is 1. The molecule has 1 heterocycles. The predicted molar refractivity (Wildman–Crippen MR) is 147 cm³/mol. The molecular formula is C30H35N3O4. The Morgan fingerprint density at radius 2 is 1.73 bits per heavy atom. The lowest BCUT2D eigenvalue weighted by molar-refractivity contribution is -0.115. The molecule has 0 unspecified atom stereocenters. The van der Waals surface area contributed by atoms with Crippen LogP contribution in [0.1, 0.15) is 42.9 Å². The van der Waals surface area contributed by atoms with Crippen LogP contribution in [-0.4, -0.2) is 44.1 Å². The molecule has 7 heteroatoms. The summed E-state index contributed by atoms with van der Waals surface area (Å²) in [5, 5.41) is 2.95. The fraction of sp³-hybridized carbons (Fsp3) is 0.333. The summed E-state index contributed by atoms with van der Waals surface area (Å²) >= 11 is 0. The second-order valence-corrected chi connectivity index (χ2v) is 9.57. The number of urea groups is 1. The van der Waals surface area contributed by atoms with Gasteiger partial charge in [-0.2, -0.15) is 0 Å². The number of carbonyl (C=O) groups excluding carboxylic acids is 2. The van der Waals surface area contributed by atoms with Crippen LogP contribution in [0, 0.1) is 0 Å². The van der Waals surface area contributed by atoms with Gasteiger partial charge in [-0.1, -0.05) is 50.2 Å². The molecule has 0 saturated carbocycles. The highest BCUT2D eigenvalue weighted by Gasteiger charge is 2.29. The Hall–Kier alpha value is -4.00. The molecule has 1 aliphatic heterocycles. The molecule has 194 valence electrons. The van der Waals surface area contributed by atoms with E-state index in [0.717, 1.165) is 17.5 Å². The molecule has 3 aromatic carbocycles. The smallest absolute Gasteiger partial charge is 0.324 e. The molecule has 0 aromatic heterocycles. The summed E-state index contributed by atoms with van der Waals surface area (Å²) in [4.78, 5) is 29.8. The average molecular weight is 502 g/mol. The van der Waals surface area contributed by atoms with Crippen LogP contribution in [-0.2, 0) is 17.8 Å². The van der Waals surface area contributed by atoms with Crippen molar-refractivity contribution in [2.45, 2.75) is 39.2 Å². The Labute approximate surface area is 219 Å². The molecule has 0 radical (unpaired) electrons. The van der Waals surface area contributed by atoms with Crippen LogP contribution in [0.2, 0.25) is 0 Å². The summed E-state index contributed by atoms with van der Waals surface area (Å²) in [5.74, 6) is 1.61. The monoisotopic (exact) mass is 501 g/mol. The van der Waals surface area contributed by atoms with E-state index in [-0.39, 0.29) is 18.4 Å². The van der Waals surface area contributed by atoms with E-state index in [4.69, 9.17) is 9.47 Å². The van der Waals surface area contributed by atoms with Gasteiger partial charge in [0.15, 0.2) is 0 Å². The zero-order chi connectivity index (χ0) is 26.4. The maximum Gasteiger partial charge on any atom is 0.324 e. The van der Waals surface area contributed by atoms with Crippen LogP contribution in [0.5, 0.6) is 11.5 Å². The lowest BCUT2D eigenvalue weighted by atomic mass is 10.0. The van der Waals surface area contributed by atoms with Crippen LogP contribution in [0.15, 0.2) is 66.7 Å². The van der Waals surface area contributed by atoms with Gasteiger partial charge >= 0.3 is 6.03 Å². The van der Waals surface area contributed by atoms with Crippen molar-refractivity contribution in [3.63, 3.8) is 0 Å². The summed E-state index contributed by atoms with van der Waals surface area (Å²) in [6.07, 6.45) is 1.05. The molecule has 3 amide bonds. The standard InChI is InChI=1S/C30H35N3O4/c1-21(2)24-11-9-22(10-12-24)20-32-15-6-16-33(30(32)35)27-19-25(13-14-28(27)37-4)31-29(34)18-23-7-5-8-26(17-23)36-3/h5,7-14,17,19,21H,6,15-16,18,20H2,1-4H3,(H,31,34). The van der Waals surface area contributed by atoms with E-state index in [1.54, 1.807) is 37.3 Å². The Morgan fingerprint density at radius 3 is 2.43 bits per heavy atom. The second kappa shape index (κ2) is 11.8. The van der Waals surface area contributed by atoms with E-state index in [2.05, 4.69) is 43.4 Å². The highest BCUT2D eigenvalue weighted by Crippen LogP contribution is 2.34. The number of rotatable bonds is 9. The Morgan fingerprint density at radius 1 is 0.946 bits per heavy atom. The first-order valence-electron chi connectivity index (χ1n) is 12.6. The quantitative estimate of drug-likeness (QED) is 0.400. The fourth-order valence-electron chi connectivity index (χ4n) is 4.53. The molecule has 1 fully saturated rings. The summed E-state index contributed by atoms with van der Waals surface area (Å²) in [6.45, 7) is 6.17. The molecule has 4 rings (SSSR count). The summed E-state index contributed by atoms with van der Waals surface area (Å²) in [5.41, 5.74) is 4.49. The Bertz CT molecular complexity index is 1240. The van der Waals surface area contributed by atoms with E-state index >= 15 is 0 Å². The van der Waals surface area contributed by atoms with E-state index in [1.807, 2.05) is 29.2 Å². The Balaban J connectivity index is 1.48. The lowest BCUT2D eigenvalue weighted by Crippen LogP contribution is -2.49. The number of benzene rings is 3. The highest BCUT2D eigenvalue weighted by atomic mass is 16.5. The van der Waals surface area contributed by atoms with Gasteiger partial charge in [-0.25, -0.2) is 4.79 Å². The molecular weight excluding hydrogens is 466 g/mol. The topological polar surface area (TPSA) is 71.1 Å². The van der Waals surface area contributed by atoms with Crippen molar-refractivity contribution in [3.8, 4) is 11.5 Å². The normalized spacial score (nSPS) is 13.6. The summed E-state index contributed by atoms with van der Waals surface area (Å²) in [6, 6.07) is 21.2. The number of carbonyl (C=O) groups is 2. The maximum absolute atomic E-state index is 13.5. The van der Waals surface area contributed by atoms with Gasteiger partial charge in [0.25, 0.3) is 0 Å². The van der Waals surface area contributed by atoms with Gasteiger partial charge in [0.1, 0.15) is 11.5 Å². The van der Waals surface area contributed by atoms with Crippen LogP contribution in [0.3, 0.4) is 0 Å². The third-order valence-corrected chi connectivity index (χ3v) is 6.58. The number of ether oxygens (including phenoxy) is 2. The van der Waals surface area contributed by atoms with E-state index < -0.39 is 0 Å². The lowest BCUT2D eigenvalue weighted by Gasteiger charge is -2.36. The molecule has 0 spiro atoms.